The summed E-state index contributed by atoms with van der Waals surface area (Å²) >= 11 is 0. The second-order valence-corrected chi connectivity index (χ2v) is 10.2. The summed E-state index contributed by atoms with van der Waals surface area (Å²) in [6.45, 7) is 1.60. The number of benzene rings is 3. The van der Waals surface area contributed by atoms with Crippen LogP contribution in [0.2, 0.25) is 0 Å². The van der Waals surface area contributed by atoms with Gasteiger partial charge in [-0.15, -0.1) is 0 Å². The summed E-state index contributed by atoms with van der Waals surface area (Å²) in [6.07, 6.45) is 1.74. The van der Waals surface area contributed by atoms with E-state index in [1.54, 1.807) is 24.3 Å². The van der Waals surface area contributed by atoms with Crippen LogP contribution in [0.3, 0.4) is 0 Å². The van der Waals surface area contributed by atoms with E-state index >= 15 is 0 Å². The summed E-state index contributed by atoms with van der Waals surface area (Å²) in [7, 11) is 0. The number of aliphatic carboxylic acids is 1. The molecule has 3 N–H and O–H groups in total. The Bertz CT molecular complexity index is 1470. The number of alkyl halides is 3. The van der Waals surface area contributed by atoms with Crippen LogP contribution >= 0.6 is 0 Å². The largest absolute Gasteiger partial charge is 0.481 e. The molecule has 0 atom stereocenters. The number of carbonyl (C=O) groups is 3. The molecule has 42 heavy (non-hydrogen) atoms. The molecule has 0 aliphatic heterocycles. The third-order valence-corrected chi connectivity index (χ3v) is 6.92. The Balaban J connectivity index is 1.57. The standard InChI is InChI=1S/C32H32F3N3O4/c1-21-17-26(32(33,34)35)19-27(18-21)37-31(42)38(28-13-11-24(12-14-28)23-5-3-2-4-6-23)20-22-7-9-25(10-8-22)30(41)36-16-15-29(39)40/h5,7-14,17-19H,2-4,6,15-16,20H2,1H3,(H,36,41)(H,37,42)(H,39,40). The highest BCUT2D eigenvalue weighted by molar-refractivity contribution is 6.02. The molecule has 0 aromatic heterocycles. The summed E-state index contributed by atoms with van der Waals surface area (Å²) in [5.41, 5.74) is 3.38. The zero-order valence-electron chi connectivity index (χ0n) is 23.1. The van der Waals surface area contributed by atoms with Crippen molar-refractivity contribution in [3.63, 3.8) is 0 Å². The van der Waals surface area contributed by atoms with Crippen LogP contribution in [0.5, 0.6) is 0 Å². The van der Waals surface area contributed by atoms with Gasteiger partial charge in [-0.1, -0.05) is 30.3 Å². The van der Waals surface area contributed by atoms with Crippen molar-refractivity contribution in [2.24, 2.45) is 0 Å². The van der Waals surface area contributed by atoms with E-state index in [4.69, 9.17) is 5.11 Å². The fraction of sp³-hybridized carbons (Fsp3) is 0.281. The molecule has 1 aliphatic carbocycles. The van der Waals surface area contributed by atoms with Crippen molar-refractivity contribution in [1.82, 2.24) is 5.32 Å². The van der Waals surface area contributed by atoms with Gasteiger partial charge in [-0.3, -0.25) is 14.5 Å². The number of amides is 3. The minimum absolute atomic E-state index is 0.00816. The number of allylic oxidation sites excluding steroid dienone is 2. The molecule has 1 aliphatic rings. The molecule has 10 heteroatoms. The van der Waals surface area contributed by atoms with Crippen molar-refractivity contribution in [3.8, 4) is 0 Å². The van der Waals surface area contributed by atoms with Crippen LogP contribution in [0.15, 0.2) is 72.8 Å². The highest BCUT2D eigenvalue weighted by Gasteiger charge is 2.31. The highest BCUT2D eigenvalue weighted by Crippen LogP contribution is 2.33. The molecule has 0 spiro atoms. The van der Waals surface area contributed by atoms with Crippen LogP contribution in [-0.2, 0) is 17.5 Å². The average Bonchev–Trinajstić information content (AvgIpc) is 2.96. The summed E-state index contributed by atoms with van der Waals surface area (Å²) in [5.74, 6) is -1.45. The Kier molecular flexibility index (Phi) is 9.67. The molecule has 0 saturated carbocycles. The first-order chi connectivity index (χ1) is 20.0. The van der Waals surface area contributed by atoms with Crippen molar-refractivity contribution < 1.29 is 32.7 Å². The Morgan fingerprint density at radius 3 is 2.29 bits per heavy atom. The van der Waals surface area contributed by atoms with Crippen LogP contribution in [0.4, 0.5) is 29.3 Å². The molecule has 0 bridgehead atoms. The SMILES string of the molecule is Cc1cc(NC(=O)N(Cc2ccc(C(=O)NCCC(=O)O)cc2)c2ccc(C3=CCCCC3)cc2)cc(C(F)(F)F)c1. The lowest BCUT2D eigenvalue weighted by Crippen LogP contribution is -2.34. The summed E-state index contributed by atoms with van der Waals surface area (Å²) in [4.78, 5) is 38.0. The predicted octanol–water partition coefficient (Wildman–Crippen LogP) is 7.41. The maximum absolute atomic E-state index is 13.5. The maximum Gasteiger partial charge on any atom is 0.416 e. The fourth-order valence-electron chi connectivity index (χ4n) is 4.78. The summed E-state index contributed by atoms with van der Waals surface area (Å²) < 4.78 is 40.2. The van der Waals surface area contributed by atoms with Crippen LogP contribution in [-0.4, -0.2) is 29.6 Å². The van der Waals surface area contributed by atoms with E-state index in [0.717, 1.165) is 43.4 Å². The molecule has 3 aromatic rings. The Labute approximate surface area is 242 Å². The number of nitrogens with zero attached hydrogens (tertiary/aromatic N) is 1. The maximum atomic E-state index is 13.5. The number of rotatable bonds is 9. The van der Waals surface area contributed by atoms with Gasteiger partial charge in [-0.05, 0) is 97.3 Å². The molecule has 0 unspecified atom stereocenters. The van der Waals surface area contributed by atoms with E-state index in [0.29, 0.717) is 22.4 Å². The van der Waals surface area contributed by atoms with Crippen LogP contribution in [0.1, 0.15) is 64.7 Å². The number of anilines is 2. The van der Waals surface area contributed by atoms with Gasteiger partial charge in [0.25, 0.3) is 5.91 Å². The Hall–Kier alpha value is -4.60. The third kappa shape index (κ3) is 8.22. The van der Waals surface area contributed by atoms with Crippen LogP contribution < -0.4 is 15.5 Å². The van der Waals surface area contributed by atoms with Gasteiger partial charge in [0, 0.05) is 23.5 Å². The number of aryl methyl sites for hydroxylation is 1. The lowest BCUT2D eigenvalue weighted by Gasteiger charge is -2.24. The van der Waals surface area contributed by atoms with Gasteiger partial charge in [0.2, 0.25) is 0 Å². The topological polar surface area (TPSA) is 98.7 Å². The van der Waals surface area contributed by atoms with Gasteiger partial charge in [0.15, 0.2) is 0 Å². The van der Waals surface area contributed by atoms with E-state index in [1.807, 2.05) is 24.3 Å². The number of carboxylic acids is 1. The van der Waals surface area contributed by atoms with Gasteiger partial charge < -0.3 is 15.7 Å². The van der Waals surface area contributed by atoms with Gasteiger partial charge in [-0.2, -0.15) is 13.2 Å². The molecule has 0 heterocycles. The molecule has 0 radical (unpaired) electrons. The second kappa shape index (κ2) is 13.4. The first-order valence-electron chi connectivity index (χ1n) is 13.7. The van der Waals surface area contributed by atoms with Crippen LogP contribution in [0.25, 0.3) is 5.57 Å². The highest BCUT2D eigenvalue weighted by atomic mass is 19.4. The molecule has 3 aromatic carbocycles. The monoisotopic (exact) mass is 579 g/mol. The van der Waals surface area contributed by atoms with E-state index in [-0.39, 0.29) is 25.2 Å². The number of halogens is 3. The number of carboxylic acid groups (broad SMARTS) is 1. The normalized spacial score (nSPS) is 13.2. The molecular weight excluding hydrogens is 547 g/mol. The predicted molar refractivity (Wildman–Crippen MR) is 155 cm³/mol. The second-order valence-electron chi connectivity index (χ2n) is 10.2. The van der Waals surface area contributed by atoms with Crippen molar-refractivity contribution in [2.75, 3.05) is 16.8 Å². The molecule has 3 amide bonds. The van der Waals surface area contributed by atoms with E-state index in [1.165, 1.54) is 23.5 Å². The lowest BCUT2D eigenvalue weighted by molar-refractivity contribution is -0.138. The fourth-order valence-corrected chi connectivity index (χ4v) is 4.78. The molecule has 220 valence electrons. The Morgan fingerprint density at radius 2 is 1.67 bits per heavy atom. The Morgan fingerprint density at radius 1 is 0.952 bits per heavy atom. The summed E-state index contributed by atoms with van der Waals surface area (Å²) in [5, 5.41) is 13.9. The first-order valence-corrected chi connectivity index (χ1v) is 13.7. The number of hydrogen-bond acceptors (Lipinski definition) is 3. The zero-order valence-corrected chi connectivity index (χ0v) is 23.1. The van der Waals surface area contributed by atoms with Gasteiger partial charge in [-0.25, -0.2) is 4.79 Å². The number of nitrogens with one attached hydrogen (secondary N) is 2. The van der Waals surface area contributed by atoms with Gasteiger partial charge in [0.05, 0.1) is 18.5 Å². The van der Waals surface area contributed by atoms with E-state index in [2.05, 4.69) is 16.7 Å². The van der Waals surface area contributed by atoms with Crippen molar-refractivity contribution >= 4 is 34.9 Å². The number of urea groups is 1. The third-order valence-electron chi connectivity index (χ3n) is 6.92. The molecule has 0 fully saturated rings. The molecule has 4 rings (SSSR count). The van der Waals surface area contributed by atoms with E-state index < -0.39 is 29.6 Å². The zero-order chi connectivity index (χ0) is 30.3. The lowest BCUT2D eigenvalue weighted by atomic mass is 9.93. The number of carbonyl (C=O) groups excluding carboxylic acids is 2. The summed E-state index contributed by atoms with van der Waals surface area (Å²) in [6, 6.07) is 16.7. The molecular formula is C32H32F3N3O4. The van der Waals surface area contributed by atoms with Gasteiger partial charge in [0.1, 0.15) is 0 Å². The minimum atomic E-state index is -4.56. The number of hydrogen-bond donors (Lipinski definition) is 3. The minimum Gasteiger partial charge on any atom is -0.481 e. The van der Waals surface area contributed by atoms with Crippen molar-refractivity contribution in [1.29, 1.82) is 0 Å². The van der Waals surface area contributed by atoms with E-state index in [9.17, 15) is 27.6 Å². The quantitative estimate of drug-likeness (QED) is 0.246. The smallest absolute Gasteiger partial charge is 0.416 e. The average molecular weight is 580 g/mol. The van der Waals surface area contributed by atoms with Crippen molar-refractivity contribution in [2.45, 2.75) is 51.7 Å². The molecule has 7 nitrogen and oxygen atoms in total. The first kappa shape index (κ1) is 30.4. The molecule has 0 saturated heterocycles. The van der Waals surface area contributed by atoms with Crippen molar-refractivity contribution in [3.05, 3.63) is 101 Å². The van der Waals surface area contributed by atoms with Gasteiger partial charge >= 0.3 is 18.2 Å². The van der Waals surface area contributed by atoms with Crippen LogP contribution in [0, 0.1) is 6.92 Å².